The van der Waals surface area contributed by atoms with E-state index in [2.05, 4.69) is 16.2 Å². The van der Waals surface area contributed by atoms with E-state index >= 15 is 0 Å². The van der Waals surface area contributed by atoms with Gasteiger partial charge in [0, 0.05) is 23.7 Å². The van der Waals surface area contributed by atoms with E-state index in [1.807, 2.05) is 30.3 Å². The molecule has 0 bridgehead atoms. The lowest BCUT2D eigenvalue weighted by molar-refractivity contribution is -0.143. The predicted octanol–water partition coefficient (Wildman–Crippen LogP) is 2.89. The molecule has 21 heavy (non-hydrogen) atoms. The van der Waals surface area contributed by atoms with Crippen LogP contribution >= 0.6 is 0 Å². The van der Waals surface area contributed by atoms with Gasteiger partial charge in [-0.15, -0.1) is 0 Å². The average Bonchev–Trinajstić information content (AvgIpc) is 2.69. The molecule has 0 saturated heterocycles. The summed E-state index contributed by atoms with van der Waals surface area (Å²) >= 11 is 0. The van der Waals surface area contributed by atoms with Gasteiger partial charge in [0.15, 0.2) is 0 Å². The molecule has 2 aromatic rings. The first kappa shape index (κ1) is 13.5. The van der Waals surface area contributed by atoms with Gasteiger partial charge in [0.05, 0.1) is 5.69 Å². The molecule has 4 nitrogen and oxygen atoms in total. The second-order valence-corrected chi connectivity index (χ2v) is 4.91. The quantitative estimate of drug-likeness (QED) is 0.628. The molecule has 0 radical (unpaired) electrons. The SMILES string of the molecule is CCC(=O)O/N=C1\c2ccccc2CCc2ncccc21. The monoisotopic (exact) mass is 280 g/mol. The third-order valence-corrected chi connectivity index (χ3v) is 3.58. The Balaban J connectivity index is 2.13. The van der Waals surface area contributed by atoms with E-state index in [9.17, 15) is 4.79 Å². The largest absolute Gasteiger partial charge is 0.334 e. The van der Waals surface area contributed by atoms with Crippen LogP contribution in [0.5, 0.6) is 0 Å². The lowest BCUT2D eigenvalue weighted by Gasteiger charge is -2.08. The van der Waals surface area contributed by atoms with Crippen LogP contribution in [-0.4, -0.2) is 16.7 Å². The van der Waals surface area contributed by atoms with Crippen LogP contribution in [0.2, 0.25) is 0 Å². The highest BCUT2D eigenvalue weighted by Gasteiger charge is 2.20. The Bertz CT molecular complexity index is 658. The summed E-state index contributed by atoms with van der Waals surface area (Å²) in [6.45, 7) is 1.75. The fraction of sp³-hybridized carbons (Fsp3) is 0.235. The van der Waals surface area contributed by atoms with Crippen LogP contribution in [0.15, 0.2) is 47.8 Å². The Morgan fingerprint density at radius 2 is 2.00 bits per heavy atom. The second kappa shape index (κ2) is 5.87. The minimum Gasteiger partial charge on any atom is -0.318 e. The van der Waals surface area contributed by atoms with Crippen molar-refractivity contribution >= 4 is 11.7 Å². The Labute approximate surface area is 123 Å². The predicted molar refractivity (Wildman–Crippen MR) is 80.1 cm³/mol. The molecule has 0 aliphatic heterocycles. The molecule has 0 unspecified atom stereocenters. The molecule has 3 rings (SSSR count). The number of nitrogens with zero attached hydrogens (tertiary/aromatic N) is 2. The van der Waals surface area contributed by atoms with Crippen molar-refractivity contribution < 1.29 is 9.63 Å². The summed E-state index contributed by atoms with van der Waals surface area (Å²) in [5.74, 6) is -0.338. The lowest BCUT2D eigenvalue weighted by Crippen LogP contribution is -2.09. The zero-order valence-electron chi connectivity index (χ0n) is 11.9. The van der Waals surface area contributed by atoms with Crippen molar-refractivity contribution in [2.45, 2.75) is 26.2 Å². The number of aryl methyl sites for hydroxylation is 2. The highest BCUT2D eigenvalue weighted by Crippen LogP contribution is 2.24. The van der Waals surface area contributed by atoms with Gasteiger partial charge in [0.25, 0.3) is 0 Å². The highest BCUT2D eigenvalue weighted by molar-refractivity contribution is 6.14. The summed E-state index contributed by atoms with van der Waals surface area (Å²) in [7, 11) is 0. The van der Waals surface area contributed by atoms with Gasteiger partial charge in [0.2, 0.25) is 0 Å². The Morgan fingerprint density at radius 3 is 2.86 bits per heavy atom. The van der Waals surface area contributed by atoms with Crippen molar-refractivity contribution in [2.24, 2.45) is 5.16 Å². The van der Waals surface area contributed by atoms with Gasteiger partial charge in [-0.3, -0.25) is 4.98 Å². The number of oxime groups is 1. The van der Waals surface area contributed by atoms with Crippen molar-refractivity contribution in [3.05, 3.63) is 65.0 Å². The van der Waals surface area contributed by atoms with Gasteiger partial charge in [-0.2, -0.15) is 0 Å². The first-order valence-corrected chi connectivity index (χ1v) is 7.10. The standard InChI is InChI=1S/C17H16N2O2/c1-2-16(20)21-19-17-13-7-4-3-6-12(13)9-10-15-14(17)8-5-11-18-15/h3-8,11H,2,9-10H2,1H3/b19-17+. The molecule has 4 heteroatoms. The molecule has 0 atom stereocenters. The zero-order chi connectivity index (χ0) is 14.7. The van der Waals surface area contributed by atoms with Crippen LogP contribution in [-0.2, 0) is 22.5 Å². The fourth-order valence-corrected chi connectivity index (χ4v) is 2.48. The van der Waals surface area contributed by atoms with Crippen molar-refractivity contribution in [1.82, 2.24) is 4.98 Å². The summed E-state index contributed by atoms with van der Waals surface area (Å²) in [5, 5.41) is 4.12. The highest BCUT2D eigenvalue weighted by atomic mass is 16.7. The molecule has 0 spiro atoms. The normalized spacial score (nSPS) is 15.0. The molecule has 1 aliphatic rings. The van der Waals surface area contributed by atoms with Crippen LogP contribution in [0.1, 0.15) is 35.7 Å². The van der Waals surface area contributed by atoms with Gasteiger partial charge in [-0.25, -0.2) is 4.79 Å². The fourth-order valence-electron chi connectivity index (χ4n) is 2.48. The van der Waals surface area contributed by atoms with Gasteiger partial charge >= 0.3 is 5.97 Å². The number of hydrogen-bond donors (Lipinski definition) is 0. The molecule has 1 heterocycles. The number of rotatable bonds is 2. The number of carbonyl (C=O) groups excluding carboxylic acids is 1. The maximum Gasteiger partial charge on any atom is 0.334 e. The maximum atomic E-state index is 11.4. The van der Waals surface area contributed by atoms with Gasteiger partial charge in [-0.05, 0) is 30.5 Å². The number of fused-ring (bicyclic) bond motifs is 2. The van der Waals surface area contributed by atoms with E-state index in [4.69, 9.17) is 4.84 Å². The Hall–Kier alpha value is -2.49. The van der Waals surface area contributed by atoms with E-state index in [0.717, 1.165) is 29.7 Å². The topological polar surface area (TPSA) is 51.5 Å². The van der Waals surface area contributed by atoms with Crippen molar-refractivity contribution in [2.75, 3.05) is 0 Å². The number of benzene rings is 1. The molecule has 1 aromatic heterocycles. The summed E-state index contributed by atoms with van der Waals surface area (Å²) in [4.78, 5) is 20.9. The number of carbonyl (C=O) groups is 1. The van der Waals surface area contributed by atoms with Crippen molar-refractivity contribution in [1.29, 1.82) is 0 Å². The van der Waals surface area contributed by atoms with Crippen molar-refractivity contribution in [3.63, 3.8) is 0 Å². The molecule has 1 aliphatic carbocycles. The average molecular weight is 280 g/mol. The Kier molecular flexibility index (Phi) is 3.77. The summed E-state index contributed by atoms with van der Waals surface area (Å²) in [6.07, 6.45) is 3.84. The number of aromatic nitrogens is 1. The van der Waals surface area contributed by atoms with Gasteiger partial charge in [-0.1, -0.05) is 36.3 Å². The third kappa shape index (κ3) is 2.70. The van der Waals surface area contributed by atoms with Crippen LogP contribution in [0.25, 0.3) is 0 Å². The van der Waals surface area contributed by atoms with E-state index in [-0.39, 0.29) is 5.97 Å². The molecule has 0 fully saturated rings. The first-order chi connectivity index (χ1) is 10.3. The Morgan fingerprint density at radius 1 is 1.19 bits per heavy atom. The van der Waals surface area contributed by atoms with Crippen LogP contribution in [0.4, 0.5) is 0 Å². The van der Waals surface area contributed by atoms with Crippen LogP contribution in [0, 0.1) is 0 Å². The first-order valence-electron chi connectivity index (χ1n) is 7.10. The van der Waals surface area contributed by atoms with Crippen molar-refractivity contribution in [3.8, 4) is 0 Å². The van der Waals surface area contributed by atoms with E-state index in [1.165, 1.54) is 5.56 Å². The molecular weight excluding hydrogens is 264 g/mol. The zero-order valence-corrected chi connectivity index (χ0v) is 11.9. The summed E-state index contributed by atoms with van der Waals surface area (Å²) in [5.41, 5.74) is 4.81. The molecule has 0 amide bonds. The molecule has 106 valence electrons. The van der Waals surface area contributed by atoms with E-state index < -0.39 is 0 Å². The van der Waals surface area contributed by atoms with Gasteiger partial charge < -0.3 is 4.84 Å². The number of pyridine rings is 1. The minimum absolute atomic E-state index is 0.304. The second-order valence-electron chi connectivity index (χ2n) is 4.91. The minimum atomic E-state index is -0.338. The van der Waals surface area contributed by atoms with Crippen LogP contribution < -0.4 is 0 Å². The smallest absolute Gasteiger partial charge is 0.318 e. The molecule has 0 N–H and O–H groups in total. The van der Waals surface area contributed by atoms with E-state index in [0.29, 0.717) is 12.1 Å². The van der Waals surface area contributed by atoms with E-state index in [1.54, 1.807) is 13.1 Å². The van der Waals surface area contributed by atoms with Gasteiger partial charge in [0.1, 0.15) is 5.71 Å². The summed E-state index contributed by atoms with van der Waals surface area (Å²) < 4.78 is 0. The van der Waals surface area contributed by atoms with Crippen LogP contribution in [0.3, 0.4) is 0 Å². The number of hydrogen-bond acceptors (Lipinski definition) is 4. The molecule has 0 saturated carbocycles. The summed E-state index contributed by atoms with van der Waals surface area (Å²) in [6, 6.07) is 11.9. The third-order valence-electron chi connectivity index (χ3n) is 3.58. The molecular formula is C17H16N2O2. The lowest BCUT2D eigenvalue weighted by atomic mass is 10.00. The molecule has 1 aromatic carbocycles. The maximum absolute atomic E-state index is 11.4.